The molecular weight excluding hydrogens is 394 g/mol. The van der Waals surface area contributed by atoms with Crippen molar-refractivity contribution in [3.05, 3.63) is 30.1 Å². The number of hydrogen-bond donors (Lipinski definition) is 2. The fourth-order valence-corrected chi connectivity index (χ4v) is 3.07. The van der Waals surface area contributed by atoms with E-state index in [1.807, 2.05) is 0 Å². The average Bonchev–Trinajstić information content (AvgIpc) is 2.77. The number of fused-ring (bicyclic) bond motifs is 1. The van der Waals surface area contributed by atoms with E-state index in [1.165, 1.54) is 54.0 Å². The number of carbonyl (C=O) groups is 1. The number of aromatic carboxylic acids is 1. The Hall–Kier alpha value is -3.95. The Bertz CT molecular complexity index is 1100. The van der Waals surface area contributed by atoms with Gasteiger partial charge in [-0.1, -0.05) is 0 Å². The quantitative estimate of drug-likeness (QED) is 0.567. The summed E-state index contributed by atoms with van der Waals surface area (Å²) >= 11 is 0. The van der Waals surface area contributed by atoms with Crippen molar-refractivity contribution in [2.45, 2.75) is 0 Å². The molecule has 0 unspecified atom stereocenters. The minimum atomic E-state index is -1.15. The van der Waals surface area contributed by atoms with Crippen LogP contribution in [0.4, 0.5) is 11.5 Å². The molecule has 10 heteroatoms. The smallest absolute Gasteiger partial charge is 0.337 e. The first-order valence-electron chi connectivity index (χ1n) is 8.69. The lowest BCUT2D eigenvalue weighted by atomic mass is 10.1. The topological polar surface area (TPSA) is 121 Å². The highest BCUT2D eigenvalue weighted by Crippen LogP contribution is 2.45. The number of carboxylic acid groups (broad SMARTS) is 1. The van der Waals surface area contributed by atoms with Gasteiger partial charge in [-0.15, -0.1) is 0 Å². The summed E-state index contributed by atoms with van der Waals surface area (Å²) in [4.78, 5) is 20.4. The number of nitrogens with zero attached hydrogens (tertiary/aromatic N) is 2. The highest BCUT2D eigenvalue weighted by Gasteiger charge is 2.22. The van der Waals surface area contributed by atoms with Crippen LogP contribution < -0.4 is 29.0 Å². The standard InChI is InChI=1S/C20H21N3O7/c1-26-13-6-10(20(24)25)11(7-14(13)27-2)23-19-16-12(21-9-22-19)8-15(28-3)17(29-4)18(16)30-5/h6-9H,1-5H3,(H,24,25)(H,21,22,23). The maximum Gasteiger partial charge on any atom is 0.337 e. The van der Waals surface area contributed by atoms with Crippen molar-refractivity contribution in [2.24, 2.45) is 0 Å². The zero-order valence-electron chi connectivity index (χ0n) is 17.1. The summed E-state index contributed by atoms with van der Waals surface area (Å²) in [5.41, 5.74) is 0.732. The zero-order valence-corrected chi connectivity index (χ0v) is 17.1. The van der Waals surface area contributed by atoms with Gasteiger partial charge in [0.15, 0.2) is 23.0 Å². The van der Waals surface area contributed by atoms with Crippen LogP contribution in [0.5, 0.6) is 28.7 Å². The van der Waals surface area contributed by atoms with Gasteiger partial charge < -0.3 is 34.1 Å². The van der Waals surface area contributed by atoms with Gasteiger partial charge in [0.1, 0.15) is 12.1 Å². The van der Waals surface area contributed by atoms with Crippen LogP contribution in [0.2, 0.25) is 0 Å². The van der Waals surface area contributed by atoms with Crippen LogP contribution in [0.25, 0.3) is 10.9 Å². The summed E-state index contributed by atoms with van der Waals surface area (Å²) in [6.07, 6.45) is 1.34. The molecule has 0 bridgehead atoms. The lowest BCUT2D eigenvalue weighted by Crippen LogP contribution is -2.06. The number of aromatic nitrogens is 2. The summed E-state index contributed by atoms with van der Waals surface area (Å²) in [5, 5.41) is 13.2. The Morgan fingerprint density at radius 2 is 1.47 bits per heavy atom. The van der Waals surface area contributed by atoms with Crippen molar-refractivity contribution in [3.63, 3.8) is 0 Å². The Kier molecular flexibility index (Phi) is 5.95. The number of nitrogens with one attached hydrogen (secondary N) is 1. The van der Waals surface area contributed by atoms with E-state index in [0.29, 0.717) is 39.7 Å². The Morgan fingerprint density at radius 1 is 0.833 bits per heavy atom. The fraction of sp³-hybridized carbons (Fsp3) is 0.250. The van der Waals surface area contributed by atoms with E-state index in [2.05, 4.69) is 15.3 Å². The SMILES string of the molecule is COc1cc(Nc2ncnc3cc(OC)c(OC)c(OC)c23)c(C(=O)O)cc1OC. The summed E-state index contributed by atoms with van der Waals surface area (Å²) in [6.45, 7) is 0. The molecule has 0 saturated carbocycles. The third kappa shape index (κ3) is 3.54. The first-order chi connectivity index (χ1) is 14.5. The van der Waals surface area contributed by atoms with Gasteiger partial charge in [-0.25, -0.2) is 14.8 Å². The third-order valence-corrected chi connectivity index (χ3v) is 4.44. The molecule has 0 atom stereocenters. The van der Waals surface area contributed by atoms with E-state index >= 15 is 0 Å². The van der Waals surface area contributed by atoms with Gasteiger partial charge in [-0.2, -0.15) is 0 Å². The highest BCUT2D eigenvalue weighted by atomic mass is 16.5. The summed E-state index contributed by atoms with van der Waals surface area (Å²) in [5.74, 6) is 0.939. The first kappa shape index (κ1) is 20.8. The van der Waals surface area contributed by atoms with E-state index in [-0.39, 0.29) is 17.0 Å². The second-order valence-corrected chi connectivity index (χ2v) is 5.94. The molecule has 0 aliphatic carbocycles. The molecular formula is C20H21N3O7. The Balaban J connectivity index is 2.25. The predicted octanol–water partition coefficient (Wildman–Crippen LogP) is 3.11. The van der Waals surface area contributed by atoms with E-state index in [0.717, 1.165) is 0 Å². The number of ether oxygens (including phenoxy) is 5. The third-order valence-electron chi connectivity index (χ3n) is 4.44. The number of hydrogen-bond acceptors (Lipinski definition) is 9. The van der Waals surface area contributed by atoms with Crippen LogP contribution in [-0.4, -0.2) is 56.6 Å². The number of anilines is 2. The molecule has 2 aromatic carbocycles. The van der Waals surface area contributed by atoms with Crippen molar-refractivity contribution in [1.29, 1.82) is 0 Å². The normalized spacial score (nSPS) is 10.4. The molecule has 2 N–H and O–H groups in total. The molecule has 1 aromatic heterocycles. The van der Waals surface area contributed by atoms with E-state index < -0.39 is 5.97 Å². The van der Waals surface area contributed by atoms with Gasteiger partial charge in [0.2, 0.25) is 5.75 Å². The predicted molar refractivity (Wildman–Crippen MR) is 109 cm³/mol. The molecule has 0 fully saturated rings. The number of carboxylic acids is 1. The van der Waals surface area contributed by atoms with Crippen LogP contribution in [0, 0.1) is 0 Å². The molecule has 10 nitrogen and oxygen atoms in total. The maximum atomic E-state index is 11.8. The van der Waals surface area contributed by atoms with Gasteiger partial charge in [0.05, 0.1) is 57.7 Å². The number of methoxy groups -OCH3 is 5. The number of benzene rings is 2. The van der Waals surface area contributed by atoms with E-state index in [4.69, 9.17) is 23.7 Å². The van der Waals surface area contributed by atoms with E-state index in [1.54, 1.807) is 6.07 Å². The first-order valence-corrected chi connectivity index (χ1v) is 8.69. The van der Waals surface area contributed by atoms with Crippen molar-refractivity contribution in [3.8, 4) is 28.7 Å². The van der Waals surface area contributed by atoms with Gasteiger partial charge in [0, 0.05) is 18.2 Å². The fourth-order valence-electron chi connectivity index (χ4n) is 3.07. The van der Waals surface area contributed by atoms with Crippen molar-refractivity contribution in [1.82, 2.24) is 9.97 Å². The highest BCUT2D eigenvalue weighted by molar-refractivity contribution is 6.02. The minimum Gasteiger partial charge on any atom is -0.493 e. The molecule has 0 amide bonds. The maximum absolute atomic E-state index is 11.8. The van der Waals surface area contributed by atoms with Crippen molar-refractivity contribution in [2.75, 3.05) is 40.9 Å². The van der Waals surface area contributed by atoms with Crippen LogP contribution in [-0.2, 0) is 0 Å². The molecule has 0 aliphatic heterocycles. The van der Waals surface area contributed by atoms with Crippen LogP contribution >= 0.6 is 0 Å². The largest absolute Gasteiger partial charge is 0.493 e. The average molecular weight is 415 g/mol. The molecule has 30 heavy (non-hydrogen) atoms. The molecule has 3 rings (SSSR count). The Labute approximate surface area is 172 Å². The molecule has 1 heterocycles. The van der Waals surface area contributed by atoms with Crippen molar-refractivity contribution >= 4 is 28.4 Å². The van der Waals surface area contributed by atoms with Crippen molar-refractivity contribution < 1.29 is 33.6 Å². The molecule has 158 valence electrons. The molecule has 0 spiro atoms. The number of rotatable bonds is 8. The van der Waals surface area contributed by atoms with E-state index in [9.17, 15) is 9.90 Å². The second-order valence-electron chi connectivity index (χ2n) is 5.94. The molecule has 0 aliphatic rings. The molecule has 0 radical (unpaired) electrons. The van der Waals surface area contributed by atoms with Gasteiger partial charge >= 0.3 is 5.97 Å². The van der Waals surface area contributed by atoms with Crippen LogP contribution in [0.1, 0.15) is 10.4 Å². The lowest BCUT2D eigenvalue weighted by molar-refractivity contribution is 0.0697. The Morgan fingerprint density at radius 3 is 2.03 bits per heavy atom. The lowest BCUT2D eigenvalue weighted by Gasteiger charge is -2.18. The van der Waals surface area contributed by atoms with Gasteiger partial charge in [0.25, 0.3) is 0 Å². The minimum absolute atomic E-state index is 0.0288. The monoisotopic (exact) mass is 415 g/mol. The summed E-state index contributed by atoms with van der Waals surface area (Å²) in [6, 6.07) is 4.56. The van der Waals surface area contributed by atoms with Gasteiger partial charge in [-0.05, 0) is 0 Å². The van der Waals surface area contributed by atoms with Crippen LogP contribution in [0.15, 0.2) is 24.5 Å². The second kappa shape index (κ2) is 8.60. The van der Waals surface area contributed by atoms with Gasteiger partial charge in [-0.3, -0.25) is 0 Å². The zero-order chi connectivity index (χ0) is 21.8. The summed E-state index contributed by atoms with van der Waals surface area (Å²) < 4.78 is 26.8. The molecule has 0 saturated heterocycles. The molecule has 3 aromatic rings. The van der Waals surface area contributed by atoms with Crippen LogP contribution in [0.3, 0.4) is 0 Å². The summed E-state index contributed by atoms with van der Waals surface area (Å²) in [7, 11) is 7.36.